The number of nitrogens with one attached hydrogen (secondary N) is 2. The third-order valence-corrected chi connectivity index (χ3v) is 3.36. The van der Waals surface area contributed by atoms with Crippen molar-refractivity contribution in [2.24, 2.45) is 4.99 Å². The molecule has 0 spiro atoms. The quantitative estimate of drug-likeness (QED) is 0.271. The molecule has 1 aliphatic heterocycles. The van der Waals surface area contributed by atoms with E-state index in [1.165, 1.54) is 0 Å². The molecule has 1 fully saturated rings. The first-order chi connectivity index (χ1) is 10.8. The fourth-order valence-electron chi connectivity index (χ4n) is 2.25. The molecule has 24 heavy (non-hydrogen) atoms. The molecule has 8 heteroatoms. The number of ether oxygens (including phenoxy) is 2. The van der Waals surface area contributed by atoms with Crippen molar-refractivity contribution >= 4 is 35.9 Å². The smallest absolute Gasteiger partial charge is 0.328 e. The number of rotatable bonds is 6. The van der Waals surface area contributed by atoms with Gasteiger partial charge in [-0.15, -0.1) is 24.0 Å². The molecule has 0 amide bonds. The molecule has 0 radical (unpaired) electrons. The van der Waals surface area contributed by atoms with Gasteiger partial charge in [0.1, 0.15) is 12.1 Å². The lowest BCUT2D eigenvalue weighted by molar-refractivity contribution is -0.152. The Kier molecular flexibility index (Phi) is 11.6. The first-order valence-corrected chi connectivity index (χ1v) is 8.37. The first kappa shape index (κ1) is 23.4. The molecule has 1 rings (SSSR count). The van der Waals surface area contributed by atoms with E-state index in [2.05, 4.69) is 27.4 Å². The third-order valence-electron chi connectivity index (χ3n) is 3.36. The highest BCUT2D eigenvalue weighted by Gasteiger charge is 2.18. The number of nitrogens with zero attached hydrogens (tertiary/aromatic N) is 2. The molecule has 0 aromatic carbocycles. The van der Waals surface area contributed by atoms with Gasteiger partial charge in [-0.1, -0.05) is 0 Å². The average molecular weight is 456 g/mol. The normalized spacial score (nSPS) is 17.6. The molecular weight excluding hydrogens is 423 g/mol. The van der Waals surface area contributed by atoms with E-state index in [0.29, 0.717) is 12.0 Å². The standard InChI is InChI=1S/C16H32N4O3.HI/c1-6-17-15(19-12-14(21)23-16(3,4)5)18-11-13(2)20-7-9-22-10-8-20;/h13H,6-12H2,1-5H3,(H2,17,18,19);1H. The van der Waals surface area contributed by atoms with Crippen LogP contribution in [0.15, 0.2) is 4.99 Å². The maximum Gasteiger partial charge on any atom is 0.328 e. The van der Waals surface area contributed by atoms with Crippen LogP contribution in [0.4, 0.5) is 0 Å². The molecule has 1 heterocycles. The Morgan fingerprint density at radius 3 is 2.46 bits per heavy atom. The number of carbonyl (C=O) groups is 1. The van der Waals surface area contributed by atoms with Gasteiger partial charge in [0, 0.05) is 32.2 Å². The van der Waals surface area contributed by atoms with Crippen molar-refractivity contribution in [1.82, 2.24) is 15.5 Å². The van der Waals surface area contributed by atoms with Gasteiger partial charge in [-0.2, -0.15) is 0 Å². The van der Waals surface area contributed by atoms with Gasteiger partial charge in [0.25, 0.3) is 0 Å². The summed E-state index contributed by atoms with van der Waals surface area (Å²) in [6, 6.07) is 0.379. The Morgan fingerprint density at radius 1 is 1.29 bits per heavy atom. The molecule has 1 atom stereocenters. The summed E-state index contributed by atoms with van der Waals surface area (Å²) in [5, 5.41) is 6.43. The van der Waals surface area contributed by atoms with Gasteiger partial charge >= 0.3 is 5.97 Å². The molecular formula is C16H33IN4O3. The third kappa shape index (κ3) is 10.3. The average Bonchev–Trinajstić information content (AvgIpc) is 2.49. The summed E-state index contributed by atoms with van der Waals surface area (Å²) in [7, 11) is 0. The summed E-state index contributed by atoms with van der Waals surface area (Å²) in [5.41, 5.74) is -0.483. The number of aliphatic imine (C=N–C) groups is 1. The van der Waals surface area contributed by atoms with Crippen molar-refractivity contribution in [3.05, 3.63) is 0 Å². The SMILES string of the molecule is CCNC(=NCC(=O)OC(C)(C)C)NCC(C)N1CCOCC1.I. The van der Waals surface area contributed by atoms with Crippen LogP contribution >= 0.6 is 24.0 Å². The lowest BCUT2D eigenvalue weighted by Gasteiger charge is -2.32. The lowest BCUT2D eigenvalue weighted by atomic mass is 10.2. The lowest BCUT2D eigenvalue weighted by Crippen LogP contribution is -2.49. The van der Waals surface area contributed by atoms with Crippen LogP contribution in [0.25, 0.3) is 0 Å². The Balaban J connectivity index is 0.00000529. The number of carbonyl (C=O) groups excluding carboxylic acids is 1. The van der Waals surface area contributed by atoms with Crippen LogP contribution in [0.1, 0.15) is 34.6 Å². The zero-order valence-electron chi connectivity index (χ0n) is 15.6. The number of guanidine groups is 1. The van der Waals surface area contributed by atoms with E-state index in [4.69, 9.17) is 9.47 Å². The molecule has 7 nitrogen and oxygen atoms in total. The van der Waals surface area contributed by atoms with Crippen LogP contribution in [0.2, 0.25) is 0 Å². The van der Waals surface area contributed by atoms with Crippen molar-refractivity contribution in [3.63, 3.8) is 0 Å². The van der Waals surface area contributed by atoms with Gasteiger partial charge in [-0.3, -0.25) is 9.69 Å². The summed E-state index contributed by atoms with van der Waals surface area (Å²) >= 11 is 0. The number of morpholine rings is 1. The van der Waals surface area contributed by atoms with Crippen LogP contribution < -0.4 is 10.6 Å². The second kappa shape index (κ2) is 11.9. The van der Waals surface area contributed by atoms with Gasteiger partial charge in [-0.05, 0) is 34.6 Å². The Bertz CT molecular complexity index is 393. The van der Waals surface area contributed by atoms with Gasteiger partial charge in [0.15, 0.2) is 5.96 Å². The van der Waals surface area contributed by atoms with Crippen molar-refractivity contribution in [3.8, 4) is 0 Å². The second-order valence-corrected chi connectivity index (χ2v) is 6.66. The summed E-state index contributed by atoms with van der Waals surface area (Å²) in [6.07, 6.45) is 0. The number of halogens is 1. The first-order valence-electron chi connectivity index (χ1n) is 8.37. The van der Waals surface area contributed by atoms with Gasteiger partial charge in [0.2, 0.25) is 0 Å². The summed E-state index contributed by atoms with van der Waals surface area (Å²) in [5.74, 6) is 0.314. The molecule has 2 N–H and O–H groups in total. The van der Waals surface area contributed by atoms with Crippen molar-refractivity contribution in [1.29, 1.82) is 0 Å². The Hall–Kier alpha value is -0.610. The largest absolute Gasteiger partial charge is 0.459 e. The maximum atomic E-state index is 11.7. The highest BCUT2D eigenvalue weighted by atomic mass is 127. The Labute approximate surface area is 162 Å². The van der Waals surface area contributed by atoms with E-state index in [1.54, 1.807) is 0 Å². The zero-order valence-corrected chi connectivity index (χ0v) is 17.9. The number of esters is 1. The van der Waals surface area contributed by atoms with Crippen LogP contribution in [0, 0.1) is 0 Å². The minimum atomic E-state index is -0.483. The molecule has 0 aromatic heterocycles. The fraction of sp³-hybridized carbons (Fsp3) is 0.875. The molecule has 142 valence electrons. The minimum absolute atomic E-state index is 0. The number of hydrogen-bond donors (Lipinski definition) is 2. The van der Waals surface area contributed by atoms with E-state index in [9.17, 15) is 4.79 Å². The molecule has 1 unspecified atom stereocenters. The number of hydrogen-bond acceptors (Lipinski definition) is 5. The summed E-state index contributed by atoms with van der Waals surface area (Å²) < 4.78 is 10.6. The fourth-order valence-corrected chi connectivity index (χ4v) is 2.25. The van der Waals surface area contributed by atoms with E-state index in [0.717, 1.165) is 39.4 Å². The summed E-state index contributed by atoms with van der Waals surface area (Å²) in [6.45, 7) is 14.7. The van der Waals surface area contributed by atoms with Crippen molar-refractivity contribution in [2.75, 3.05) is 45.9 Å². The molecule has 0 aromatic rings. The van der Waals surface area contributed by atoms with Crippen molar-refractivity contribution < 1.29 is 14.3 Å². The van der Waals surface area contributed by atoms with E-state index < -0.39 is 5.60 Å². The van der Waals surface area contributed by atoms with Crippen molar-refractivity contribution in [2.45, 2.75) is 46.3 Å². The van der Waals surface area contributed by atoms with Gasteiger partial charge < -0.3 is 20.1 Å². The second-order valence-electron chi connectivity index (χ2n) is 6.66. The predicted molar refractivity (Wildman–Crippen MR) is 107 cm³/mol. The van der Waals surface area contributed by atoms with E-state index in [-0.39, 0.29) is 36.5 Å². The van der Waals surface area contributed by atoms with Crippen LogP contribution in [0.3, 0.4) is 0 Å². The topological polar surface area (TPSA) is 75.2 Å². The van der Waals surface area contributed by atoms with Gasteiger partial charge in [0.05, 0.1) is 13.2 Å². The van der Waals surface area contributed by atoms with Gasteiger partial charge in [-0.25, -0.2) is 4.99 Å². The molecule has 0 saturated carbocycles. The van der Waals surface area contributed by atoms with E-state index in [1.807, 2.05) is 27.7 Å². The molecule has 0 bridgehead atoms. The zero-order chi connectivity index (χ0) is 17.3. The summed E-state index contributed by atoms with van der Waals surface area (Å²) in [4.78, 5) is 18.4. The van der Waals surface area contributed by atoms with Crippen LogP contribution in [-0.2, 0) is 14.3 Å². The highest BCUT2D eigenvalue weighted by Crippen LogP contribution is 2.06. The van der Waals surface area contributed by atoms with Crippen LogP contribution in [-0.4, -0.2) is 74.4 Å². The minimum Gasteiger partial charge on any atom is -0.459 e. The van der Waals surface area contributed by atoms with E-state index >= 15 is 0 Å². The monoisotopic (exact) mass is 456 g/mol. The Morgan fingerprint density at radius 2 is 1.92 bits per heavy atom. The maximum absolute atomic E-state index is 11.7. The highest BCUT2D eigenvalue weighted by molar-refractivity contribution is 14.0. The predicted octanol–water partition coefficient (Wildman–Crippen LogP) is 1.22. The molecule has 1 aliphatic rings. The molecule has 1 saturated heterocycles. The molecule has 0 aliphatic carbocycles. The van der Waals surface area contributed by atoms with Crippen LogP contribution in [0.5, 0.6) is 0 Å².